The van der Waals surface area contributed by atoms with Gasteiger partial charge in [-0.1, -0.05) is 60.7 Å². The lowest BCUT2D eigenvalue weighted by Gasteiger charge is -2.23. The van der Waals surface area contributed by atoms with E-state index in [2.05, 4.69) is 5.32 Å². The van der Waals surface area contributed by atoms with Crippen LogP contribution in [0.5, 0.6) is 0 Å². The van der Waals surface area contributed by atoms with Crippen LogP contribution in [0.15, 0.2) is 66.7 Å². The maximum atomic E-state index is 12.9. The Morgan fingerprint density at radius 3 is 2.21 bits per heavy atom. The first-order valence-electron chi connectivity index (χ1n) is 10.0. The van der Waals surface area contributed by atoms with E-state index < -0.39 is 6.04 Å². The van der Waals surface area contributed by atoms with Gasteiger partial charge in [-0.15, -0.1) is 0 Å². The minimum atomic E-state index is -0.842. The van der Waals surface area contributed by atoms with Crippen LogP contribution < -0.4 is 5.32 Å². The van der Waals surface area contributed by atoms with Crippen molar-refractivity contribution in [1.82, 2.24) is 4.90 Å². The van der Waals surface area contributed by atoms with E-state index >= 15 is 0 Å². The molecule has 0 spiro atoms. The Labute approximate surface area is 170 Å². The van der Waals surface area contributed by atoms with Crippen molar-refractivity contribution in [3.63, 3.8) is 0 Å². The Bertz CT molecular complexity index is 941. The Hall–Kier alpha value is -3.21. The summed E-state index contributed by atoms with van der Waals surface area (Å²) < 4.78 is 0. The first kappa shape index (κ1) is 19.1. The van der Waals surface area contributed by atoms with Gasteiger partial charge < -0.3 is 5.32 Å². The number of amides is 3. The number of anilines is 1. The van der Waals surface area contributed by atoms with E-state index in [1.54, 1.807) is 6.92 Å². The summed E-state index contributed by atoms with van der Waals surface area (Å²) in [5.41, 5.74) is 2.83. The minimum Gasteiger partial charge on any atom is -0.324 e. The number of imide groups is 1. The van der Waals surface area contributed by atoms with Crippen molar-refractivity contribution in [2.75, 3.05) is 5.32 Å². The third kappa shape index (κ3) is 3.73. The first-order valence-corrected chi connectivity index (χ1v) is 10.0. The third-order valence-electron chi connectivity index (χ3n) is 5.82. The van der Waals surface area contributed by atoms with Gasteiger partial charge in [0.25, 0.3) is 0 Å². The predicted octanol–water partition coefficient (Wildman–Crippen LogP) is 3.56. The van der Waals surface area contributed by atoms with Crippen LogP contribution in [-0.2, 0) is 20.8 Å². The van der Waals surface area contributed by atoms with Gasteiger partial charge in [0.1, 0.15) is 6.04 Å². The van der Waals surface area contributed by atoms with Crippen molar-refractivity contribution >= 4 is 23.4 Å². The van der Waals surface area contributed by atoms with Gasteiger partial charge in [0.05, 0.1) is 11.8 Å². The van der Waals surface area contributed by atoms with E-state index in [9.17, 15) is 14.4 Å². The van der Waals surface area contributed by atoms with Crippen LogP contribution in [0.2, 0.25) is 0 Å². The summed E-state index contributed by atoms with van der Waals surface area (Å²) in [6.45, 7) is 1.62. The standard InChI is InChI=1S/C24H24N2O3/c1-16(26-23(28)19-12-6-7-13-20(19)24(26)29)22(27)25-21-14-8-5-11-18(21)15-17-9-3-2-4-10-17/h2-11,14,16,19-20H,12-13,15H2,1H3,(H,25,27)/t16-,19+,20+/m0/s1. The molecule has 5 nitrogen and oxygen atoms in total. The zero-order chi connectivity index (χ0) is 20.4. The molecule has 0 radical (unpaired) electrons. The number of rotatable bonds is 5. The van der Waals surface area contributed by atoms with Crippen molar-refractivity contribution < 1.29 is 14.4 Å². The SMILES string of the molecule is C[C@@H](C(=O)Nc1ccccc1Cc1ccccc1)N1C(=O)[C@@H]2CC=CC[C@H]2C1=O. The molecule has 29 heavy (non-hydrogen) atoms. The molecule has 0 aromatic heterocycles. The summed E-state index contributed by atoms with van der Waals surface area (Å²) in [7, 11) is 0. The van der Waals surface area contributed by atoms with Gasteiger partial charge in [-0.25, -0.2) is 0 Å². The number of fused-ring (bicyclic) bond motifs is 1. The van der Waals surface area contributed by atoms with Gasteiger partial charge in [-0.05, 0) is 43.4 Å². The Balaban J connectivity index is 1.50. The highest BCUT2D eigenvalue weighted by atomic mass is 16.2. The molecule has 4 rings (SSSR count). The largest absolute Gasteiger partial charge is 0.324 e. The lowest BCUT2D eigenvalue weighted by Crippen LogP contribution is -2.46. The topological polar surface area (TPSA) is 66.5 Å². The van der Waals surface area contributed by atoms with Crippen LogP contribution >= 0.6 is 0 Å². The van der Waals surface area contributed by atoms with Crippen molar-refractivity contribution in [3.05, 3.63) is 77.9 Å². The molecule has 1 aliphatic heterocycles. The number of nitrogens with zero attached hydrogens (tertiary/aromatic N) is 1. The molecule has 1 heterocycles. The highest BCUT2D eigenvalue weighted by Crippen LogP contribution is 2.36. The van der Waals surface area contributed by atoms with Crippen molar-refractivity contribution in [3.8, 4) is 0 Å². The Morgan fingerprint density at radius 2 is 1.55 bits per heavy atom. The molecule has 0 saturated carbocycles. The van der Waals surface area contributed by atoms with Gasteiger partial charge in [-0.2, -0.15) is 0 Å². The van der Waals surface area contributed by atoms with Crippen LogP contribution in [0.25, 0.3) is 0 Å². The number of hydrogen-bond acceptors (Lipinski definition) is 3. The normalized spacial score (nSPS) is 21.8. The third-order valence-corrected chi connectivity index (χ3v) is 5.82. The minimum absolute atomic E-state index is 0.232. The van der Waals surface area contributed by atoms with Crippen LogP contribution in [-0.4, -0.2) is 28.7 Å². The van der Waals surface area contributed by atoms with Gasteiger partial charge in [0.2, 0.25) is 17.7 Å². The van der Waals surface area contributed by atoms with Crippen molar-refractivity contribution in [2.24, 2.45) is 11.8 Å². The van der Waals surface area contributed by atoms with Gasteiger partial charge in [-0.3, -0.25) is 19.3 Å². The fourth-order valence-electron chi connectivity index (χ4n) is 4.17. The number of hydrogen-bond donors (Lipinski definition) is 1. The molecule has 1 aliphatic carbocycles. The molecule has 3 atom stereocenters. The van der Waals surface area contributed by atoms with Crippen LogP contribution in [0, 0.1) is 11.8 Å². The fraction of sp³-hybridized carbons (Fsp3) is 0.292. The van der Waals surface area contributed by atoms with Gasteiger partial charge in [0.15, 0.2) is 0 Å². The number of carbonyl (C=O) groups is 3. The van der Waals surface area contributed by atoms with Gasteiger partial charge >= 0.3 is 0 Å². The molecule has 0 bridgehead atoms. The quantitative estimate of drug-likeness (QED) is 0.629. The van der Waals surface area contributed by atoms with E-state index in [4.69, 9.17) is 0 Å². The number of allylic oxidation sites excluding steroid dienone is 2. The molecule has 1 fully saturated rings. The average molecular weight is 388 g/mol. The number of nitrogens with one attached hydrogen (secondary N) is 1. The predicted molar refractivity (Wildman–Crippen MR) is 111 cm³/mol. The average Bonchev–Trinajstić information content (AvgIpc) is 3.00. The summed E-state index contributed by atoms with van der Waals surface area (Å²) >= 11 is 0. The number of para-hydroxylation sites is 1. The van der Waals surface area contributed by atoms with Crippen molar-refractivity contribution in [2.45, 2.75) is 32.2 Å². The second-order valence-corrected chi connectivity index (χ2v) is 7.69. The first-order chi connectivity index (χ1) is 14.1. The fourth-order valence-corrected chi connectivity index (χ4v) is 4.17. The second-order valence-electron chi connectivity index (χ2n) is 7.69. The second kappa shape index (κ2) is 8.03. The highest BCUT2D eigenvalue weighted by molar-refractivity contribution is 6.10. The molecule has 3 amide bonds. The lowest BCUT2D eigenvalue weighted by atomic mass is 9.85. The van der Waals surface area contributed by atoms with E-state index in [0.29, 0.717) is 24.9 Å². The monoisotopic (exact) mass is 388 g/mol. The number of likely N-dealkylation sites (tertiary alicyclic amines) is 1. The molecule has 5 heteroatoms. The molecule has 148 valence electrons. The molecular formula is C24H24N2O3. The molecule has 2 aliphatic rings. The zero-order valence-corrected chi connectivity index (χ0v) is 16.4. The molecule has 2 aromatic rings. The van der Waals surface area contributed by atoms with Crippen LogP contribution in [0.4, 0.5) is 5.69 Å². The summed E-state index contributed by atoms with van der Waals surface area (Å²) in [5.74, 6) is -1.46. The molecule has 1 saturated heterocycles. The van der Waals surface area contributed by atoms with Gasteiger partial charge in [0, 0.05) is 5.69 Å². The summed E-state index contributed by atoms with van der Waals surface area (Å²) in [4.78, 5) is 39.6. The highest BCUT2D eigenvalue weighted by Gasteiger charge is 2.50. The smallest absolute Gasteiger partial charge is 0.247 e. The molecule has 2 aromatic carbocycles. The maximum absolute atomic E-state index is 12.9. The summed E-state index contributed by atoms with van der Waals surface area (Å²) in [6.07, 6.45) is 5.71. The number of carbonyl (C=O) groups excluding carboxylic acids is 3. The Kier molecular flexibility index (Phi) is 5.30. The van der Waals surface area contributed by atoms with Crippen LogP contribution in [0.1, 0.15) is 30.9 Å². The zero-order valence-electron chi connectivity index (χ0n) is 16.4. The Morgan fingerprint density at radius 1 is 0.966 bits per heavy atom. The molecular weight excluding hydrogens is 364 g/mol. The summed E-state index contributed by atoms with van der Waals surface area (Å²) in [6, 6.07) is 16.8. The lowest BCUT2D eigenvalue weighted by molar-refractivity contribution is -0.146. The van der Waals surface area contributed by atoms with E-state index in [1.807, 2.05) is 66.7 Å². The van der Waals surface area contributed by atoms with E-state index in [1.165, 1.54) is 0 Å². The molecule has 0 unspecified atom stereocenters. The van der Waals surface area contributed by atoms with Crippen LogP contribution in [0.3, 0.4) is 0 Å². The van der Waals surface area contributed by atoms with E-state index in [0.717, 1.165) is 16.0 Å². The maximum Gasteiger partial charge on any atom is 0.247 e. The summed E-state index contributed by atoms with van der Waals surface area (Å²) in [5, 5.41) is 2.93. The number of benzene rings is 2. The molecule has 1 N–H and O–H groups in total. The van der Waals surface area contributed by atoms with Crippen molar-refractivity contribution in [1.29, 1.82) is 0 Å². The van der Waals surface area contributed by atoms with E-state index in [-0.39, 0.29) is 29.6 Å².